The van der Waals surface area contributed by atoms with Gasteiger partial charge in [0.1, 0.15) is 17.2 Å². The molecule has 2 heterocycles. The monoisotopic (exact) mass is 628 g/mol. The van der Waals surface area contributed by atoms with Gasteiger partial charge < -0.3 is 4.55 Å². The van der Waals surface area contributed by atoms with Crippen LogP contribution in [0.3, 0.4) is 0 Å². The number of halogens is 5. The number of hydrogen-bond acceptors (Lipinski definition) is 6. The van der Waals surface area contributed by atoms with Crippen molar-refractivity contribution in [2.45, 2.75) is 6.92 Å². The summed E-state index contributed by atoms with van der Waals surface area (Å²) in [6, 6.07) is 7.96. The number of aromatic nitrogens is 2. The summed E-state index contributed by atoms with van der Waals surface area (Å²) in [4.78, 5) is 31.2. The molecule has 0 fully saturated rings. The van der Waals surface area contributed by atoms with Gasteiger partial charge in [-0.1, -0.05) is 29.3 Å². The Bertz CT molecular complexity index is 1530. The van der Waals surface area contributed by atoms with Crippen molar-refractivity contribution in [1.29, 1.82) is 0 Å². The number of pyridine rings is 1. The number of nitrogens with zero attached hydrogens (tertiary/aromatic N) is 3. The average molecular weight is 630 g/mol. The number of carbonyl (C=O) groups excluding carboxylic acids is 2. The fraction of sp³-hybridized carbons (Fsp3) is 0.125. The lowest BCUT2D eigenvalue weighted by atomic mass is 10.0. The van der Waals surface area contributed by atoms with Crippen molar-refractivity contribution in [3.8, 4) is 0 Å². The summed E-state index contributed by atoms with van der Waals surface area (Å²) in [5, 5.41) is 0.304. The first kappa shape index (κ1) is 27.5. The number of nitrogens with one attached hydrogen (secondary N) is 1. The Balaban J connectivity index is 1.86. The zero-order valence-corrected chi connectivity index (χ0v) is 23.1. The normalized spacial score (nSPS) is 12.2. The van der Waals surface area contributed by atoms with E-state index in [0.29, 0.717) is 11.0 Å². The first-order valence-electron chi connectivity index (χ1n) is 10.6. The van der Waals surface area contributed by atoms with E-state index < -0.39 is 40.4 Å². The number of rotatable bonds is 7. The lowest BCUT2D eigenvalue weighted by molar-refractivity contribution is 0.0964. The molecule has 0 bridgehead atoms. The molecular formula is C24H17BrCl2F2N4O3S. The highest BCUT2D eigenvalue weighted by atomic mass is 79.9. The van der Waals surface area contributed by atoms with Gasteiger partial charge in [-0.05, 0) is 53.2 Å². The fourth-order valence-electron chi connectivity index (χ4n) is 3.50. The highest BCUT2D eigenvalue weighted by Crippen LogP contribution is 2.32. The molecule has 2 aromatic carbocycles. The van der Waals surface area contributed by atoms with E-state index in [1.807, 2.05) is 0 Å². The van der Waals surface area contributed by atoms with E-state index in [4.69, 9.17) is 23.2 Å². The van der Waals surface area contributed by atoms with Gasteiger partial charge in [0.15, 0.2) is 17.4 Å². The first-order valence-corrected chi connectivity index (χ1v) is 13.3. The van der Waals surface area contributed by atoms with E-state index in [9.17, 15) is 18.5 Å². The maximum Gasteiger partial charge on any atom is 0.266 e. The summed E-state index contributed by atoms with van der Waals surface area (Å²) in [6.45, 7) is 2.13. The summed E-state index contributed by atoms with van der Waals surface area (Å²) in [5.74, 6) is -4.10. The largest absolute Gasteiger partial charge is 0.573 e. The lowest BCUT2D eigenvalue weighted by Crippen LogP contribution is -2.32. The van der Waals surface area contributed by atoms with Crippen molar-refractivity contribution in [2.24, 2.45) is 0 Å². The Morgan fingerprint density at radius 3 is 2.51 bits per heavy atom. The maximum atomic E-state index is 15.4. The van der Waals surface area contributed by atoms with E-state index in [1.54, 1.807) is 20.0 Å². The molecule has 0 saturated carbocycles. The third kappa shape index (κ3) is 5.25. The molecule has 1 N–H and O–H groups in total. The summed E-state index contributed by atoms with van der Waals surface area (Å²) < 4.78 is 47.9. The third-order valence-corrected chi connectivity index (χ3v) is 7.78. The van der Waals surface area contributed by atoms with Crippen LogP contribution in [0.2, 0.25) is 10.0 Å². The van der Waals surface area contributed by atoms with Crippen LogP contribution in [0.1, 0.15) is 33.2 Å². The predicted octanol–water partition coefficient (Wildman–Crippen LogP) is 6.25. The lowest BCUT2D eigenvalue weighted by Gasteiger charge is -2.19. The fourth-order valence-corrected chi connectivity index (χ4v) is 5.13. The average Bonchev–Trinajstić information content (AvgIpc) is 3.23. The second-order valence-electron chi connectivity index (χ2n) is 7.75. The zero-order chi connectivity index (χ0) is 27.0. The Labute approximate surface area is 231 Å². The van der Waals surface area contributed by atoms with Crippen molar-refractivity contribution in [2.75, 3.05) is 18.3 Å². The van der Waals surface area contributed by atoms with Gasteiger partial charge >= 0.3 is 0 Å². The van der Waals surface area contributed by atoms with Crippen molar-refractivity contribution in [3.05, 3.63) is 91.6 Å². The molecule has 0 spiro atoms. The molecule has 4 rings (SSSR count). The molecule has 0 aliphatic rings. The molecule has 13 heteroatoms. The Hall–Kier alpha value is -2.54. The molecule has 0 radical (unpaired) electrons. The quantitative estimate of drug-likeness (QED) is 0.192. The van der Waals surface area contributed by atoms with Crippen LogP contribution in [0, 0.1) is 11.6 Å². The Morgan fingerprint density at radius 2 is 1.86 bits per heavy atom. The van der Waals surface area contributed by atoms with Gasteiger partial charge in [-0.2, -0.15) is 4.72 Å². The number of hydrogen-bond donors (Lipinski definition) is 1. The van der Waals surface area contributed by atoms with Crippen LogP contribution in [-0.4, -0.2) is 43.7 Å². The second kappa shape index (κ2) is 11.1. The summed E-state index contributed by atoms with van der Waals surface area (Å²) in [7, 11) is 1.54. The number of anilines is 1. The van der Waals surface area contributed by atoms with Crippen LogP contribution in [0.4, 0.5) is 14.5 Å². The molecule has 7 nitrogen and oxygen atoms in total. The standard InChI is InChI=1S/C24H17BrCl2F2N4O3S/c1-3-32(2)37(36)31-18-8-7-17(28)20(21(18)29)22(34)14-11-33(23-13(14)9-12(25)10-30-23)24(35)19-15(26)5-4-6-16(19)27/h4-11,31H,3H2,1-2H3. The van der Waals surface area contributed by atoms with E-state index in [-0.39, 0.29) is 37.9 Å². The molecule has 1 atom stereocenters. The molecule has 0 aliphatic carbocycles. The smallest absolute Gasteiger partial charge is 0.266 e. The number of benzene rings is 2. The summed E-state index contributed by atoms with van der Waals surface area (Å²) in [6.07, 6.45) is 2.54. The SMILES string of the molecule is CCN(C)[S+]([O-])Nc1ccc(F)c(C(=O)c2cn(C(=O)c3c(Cl)cccc3Cl)c3ncc(Br)cc23)c1F. The van der Waals surface area contributed by atoms with Gasteiger partial charge in [-0.15, -0.1) is 4.31 Å². The van der Waals surface area contributed by atoms with E-state index in [1.165, 1.54) is 28.7 Å². The van der Waals surface area contributed by atoms with Gasteiger partial charge in [-0.3, -0.25) is 14.2 Å². The first-order chi connectivity index (χ1) is 17.5. The van der Waals surface area contributed by atoms with E-state index >= 15 is 4.39 Å². The van der Waals surface area contributed by atoms with Gasteiger partial charge in [0, 0.05) is 35.8 Å². The minimum Gasteiger partial charge on any atom is -0.573 e. The van der Waals surface area contributed by atoms with Crippen molar-refractivity contribution < 1.29 is 22.9 Å². The van der Waals surface area contributed by atoms with Crippen LogP contribution in [0.15, 0.2) is 53.3 Å². The van der Waals surface area contributed by atoms with Crippen LogP contribution >= 0.6 is 39.1 Å². The molecule has 2 aromatic heterocycles. The molecule has 192 valence electrons. The van der Waals surface area contributed by atoms with E-state index in [0.717, 1.165) is 22.9 Å². The van der Waals surface area contributed by atoms with Gasteiger partial charge in [0.25, 0.3) is 5.91 Å². The summed E-state index contributed by atoms with van der Waals surface area (Å²) >= 11 is 13.8. The molecule has 1 unspecified atom stereocenters. The predicted molar refractivity (Wildman–Crippen MR) is 143 cm³/mol. The van der Waals surface area contributed by atoms with E-state index in [2.05, 4.69) is 25.6 Å². The van der Waals surface area contributed by atoms with Crippen molar-refractivity contribution >= 4 is 79.1 Å². The molecule has 4 aromatic rings. The molecule has 37 heavy (non-hydrogen) atoms. The van der Waals surface area contributed by atoms with Crippen molar-refractivity contribution in [3.63, 3.8) is 0 Å². The van der Waals surface area contributed by atoms with Crippen LogP contribution in [0.25, 0.3) is 11.0 Å². The Kier molecular flexibility index (Phi) is 8.22. The second-order valence-corrected chi connectivity index (χ2v) is 10.8. The molecule has 0 aliphatic heterocycles. The van der Waals surface area contributed by atoms with Gasteiger partial charge in [0.05, 0.1) is 26.7 Å². The minimum absolute atomic E-state index is 0.0301. The van der Waals surface area contributed by atoms with Crippen molar-refractivity contribution in [1.82, 2.24) is 13.9 Å². The Morgan fingerprint density at radius 1 is 1.19 bits per heavy atom. The topological polar surface area (TPSA) is 90.3 Å². The maximum absolute atomic E-state index is 15.4. The minimum atomic E-state index is -1.83. The number of ketones is 1. The molecular weight excluding hydrogens is 613 g/mol. The van der Waals surface area contributed by atoms with Gasteiger partial charge in [0.2, 0.25) is 5.78 Å². The molecule has 0 amide bonds. The zero-order valence-electron chi connectivity index (χ0n) is 19.2. The summed E-state index contributed by atoms with van der Waals surface area (Å²) in [5.41, 5.74) is -1.39. The highest BCUT2D eigenvalue weighted by Gasteiger charge is 2.29. The van der Waals surface area contributed by atoms with Gasteiger partial charge in [-0.25, -0.2) is 13.8 Å². The molecule has 0 saturated heterocycles. The number of carbonyl (C=O) groups is 2. The third-order valence-electron chi connectivity index (χ3n) is 5.49. The highest BCUT2D eigenvalue weighted by molar-refractivity contribution is 9.10. The van der Waals surface area contributed by atoms with Crippen LogP contribution in [0.5, 0.6) is 0 Å². The van der Waals surface area contributed by atoms with Crippen LogP contribution in [-0.2, 0) is 11.5 Å². The number of fused-ring (bicyclic) bond motifs is 1. The van der Waals surface area contributed by atoms with Crippen LogP contribution < -0.4 is 4.72 Å².